The zero-order chi connectivity index (χ0) is 20.6. The summed E-state index contributed by atoms with van der Waals surface area (Å²) in [6.07, 6.45) is 4.44. The highest BCUT2D eigenvalue weighted by atomic mass is 19.1. The molecule has 0 aliphatic carbocycles. The van der Waals surface area contributed by atoms with E-state index in [1.807, 2.05) is 0 Å². The third-order valence-electron chi connectivity index (χ3n) is 3.79. The lowest BCUT2D eigenvalue weighted by Crippen LogP contribution is -2.17. The molecule has 0 fully saturated rings. The molecule has 7 nitrogen and oxygen atoms in total. The van der Waals surface area contributed by atoms with Crippen LogP contribution < -0.4 is 14.9 Å². The van der Waals surface area contributed by atoms with Crippen LogP contribution in [-0.2, 0) is 0 Å². The lowest BCUT2D eigenvalue weighted by molar-refractivity contribution is 0.0729. The number of esters is 1. The highest BCUT2D eigenvalue weighted by Gasteiger charge is 2.13. The number of amides is 1. The molecule has 3 aromatic rings. The molecule has 3 rings (SSSR count). The van der Waals surface area contributed by atoms with Gasteiger partial charge in [0.2, 0.25) is 0 Å². The number of carbonyl (C=O) groups excluding carboxylic acids is 2. The van der Waals surface area contributed by atoms with Crippen molar-refractivity contribution in [1.82, 2.24) is 10.4 Å². The third-order valence-corrected chi connectivity index (χ3v) is 3.79. The van der Waals surface area contributed by atoms with Gasteiger partial charge in [-0.3, -0.25) is 9.78 Å². The van der Waals surface area contributed by atoms with Gasteiger partial charge in [0.15, 0.2) is 11.5 Å². The molecular formula is C21H16FN3O4. The van der Waals surface area contributed by atoms with Crippen molar-refractivity contribution in [3.63, 3.8) is 0 Å². The second kappa shape index (κ2) is 9.23. The number of carbonyl (C=O) groups is 2. The molecule has 2 aromatic carbocycles. The molecule has 0 saturated carbocycles. The average molecular weight is 393 g/mol. The van der Waals surface area contributed by atoms with Crippen LogP contribution in [-0.4, -0.2) is 30.2 Å². The number of methoxy groups -OCH3 is 1. The number of halogens is 1. The molecule has 146 valence electrons. The number of nitrogens with one attached hydrogen (secondary N) is 1. The zero-order valence-corrected chi connectivity index (χ0v) is 15.3. The summed E-state index contributed by atoms with van der Waals surface area (Å²) in [7, 11) is 1.43. The van der Waals surface area contributed by atoms with Gasteiger partial charge in [0.05, 0.1) is 18.9 Å². The van der Waals surface area contributed by atoms with Crippen molar-refractivity contribution >= 4 is 18.1 Å². The summed E-state index contributed by atoms with van der Waals surface area (Å²) in [5.41, 5.74) is 3.65. The van der Waals surface area contributed by atoms with Crippen molar-refractivity contribution in [2.75, 3.05) is 7.11 Å². The Labute approximate surface area is 165 Å². The average Bonchev–Trinajstić information content (AvgIpc) is 2.75. The number of ether oxygens (including phenoxy) is 2. The van der Waals surface area contributed by atoms with Crippen LogP contribution in [0.25, 0.3) is 0 Å². The van der Waals surface area contributed by atoms with Crippen molar-refractivity contribution < 1.29 is 23.5 Å². The first-order valence-electron chi connectivity index (χ1n) is 8.46. The highest BCUT2D eigenvalue weighted by Crippen LogP contribution is 2.28. The molecule has 0 spiro atoms. The summed E-state index contributed by atoms with van der Waals surface area (Å²) < 4.78 is 23.5. The fourth-order valence-corrected chi connectivity index (χ4v) is 2.33. The number of hydrogen-bond donors (Lipinski definition) is 1. The first-order valence-corrected chi connectivity index (χ1v) is 8.46. The van der Waals surface area contributed by atoms with Crippen LogP contribution in [0.5, 0.6) is 11.5 Å². The van der Waals surface area contributed by atoms with Crippen molar-refractivity contribution in [3.8, 4) is 11.5 Å². The van der Waals surface area contributed by atoms with Crippen LogP contribution in [0, 0.1) is 5.82 Å². The molecule has 0 aliphatic heterocycles. The number of nitrogens with zero attached hydrogens (tertiary/aromatic N) is 2. The van der Waals surface area contributed by atoms with Crippen LogP contribution in [0.3, 0.4) is 0 Å². The number of rotatable bonds is 6. The Morgan fingerprint density at radius 3 is 2.41 bits per heavy atom. The Bertz CT molecular complexity index is 1040. The molecule has 1 aromatic heterocycles. The minimum Gasteiger partial charge on any atom is -0.493 e. The summed E-state index contributed by atoms with van der Waals surface area (Å²) in [5.74, 6) is -0.974. The molecule has 0 saturated heterocycles. The van der Waals surface area contributed by atoms with E-state index in [1.165, 1.54) is 56.0 Å². The van der Waals surface area contributed by atoms with Crippen LogP contribution >= 0.6 is 0 Å². The van der Waals surface area contributed by atoms with Gasteiger partial charge in [-0.15, -0.1) is 0 Å². The van der Waals surface area contributed by atoms with E-state index in [9.17, 15) is 14.0 Å². The van der Waals surface area contributed by atoms with E-state index in [4.69, 9.17) is 9.47 Å². The van der Waals surface area contributed by atoms with Gasteiger partial charge in [0.1, 0.15) is 5.82 Å². The fraction of sp³-hybridized carbons (Fsp3) is 0.0476. The Balaban J connectivity index is 1.67. The number of pyridine rings is 1. The second-order valence-corrected chi connectivity index (χ2v) is 5.74. The van der Waals surface area contributed by atoms with Gasteiger partial charge < -0.3 is 9.47 Å². The molecular weight excluding hydrogens is 377 g/mol. The maximum absolute atomic E-state index is 13.0. The molecule has 29 heavy (non-hydrogen) atoms. The molecule has 8 heteroatoms. The number of hydrazone groups is 1. The minimum atomic E-state index is -0.644. The van der Waals surface area contributed by atoms with Gasteiger partial charge >= 0.3 is 5.97 Å². The van der Waals surface area contributed by atoms with E-state index in [-0.39, 0.29) is 17.2 Å². The van der Waals surface area contributed by atoms with Crippen LogP contribution in [0.4, 0.5) is 4.39 Å². The molecule has 0 atom stereocenters. The van der Waals surface area contributed by atoms with E-state index >= 15 is 0 Å². The molecule has 0 radical (unpaired) electrons. The van der Waals surface area contributed by atoms with E-state index in [0.717, 1.165) is 0 Å². The minimum absolute atomic E-state index is 0.194. The first kappa shape index (κ1) is 19.7. The monoisotopic (exact) mass is 393 g/mol. The molecule has 1 N–H and O–H groups in total. The summed E-state index contributed by atoms with van der Waals surface area (Å²) in [5, 5.41) is 3.90. The predicted molar refractivity (Wildman–Crippen MR) is 104 cm³/mol. The number of hydrogen-bond acceptors (Lipinski definition) is 6. The third kappa shape index (κ3) is 5.23. The highest BCUT2D eigenvalue weighted by molar-refractivity contribution is 5.95. The largest absolute Gasteiger partial charge is 0.493 e. The fourth-order valence-electron chi connectivity index (χ4n) is 2.33. The van der Waals surface area contributed by atoms with Gasteiger partial charge in [-0.25, -0.2) is 14.6 Å². The summed E-state index contributed by atoms with van der Waals surface area (Å²) in [6, 6.07) is 12.9. The maximum atomic E-state index is 13.0. The quantitative estimate of drug-likeness (QED) is 0.301. The van der Waals surface area contributed by atoms with Crippen LogP contribution in [0.15, 0.2) is 72.1 Å². The van der Waals surface area contributed by atoms with Crippen molar-refractivity contribution in [2.45, 2.75) is 0 Å². The lowest BCUT2D eigenvalue weighted by Gasteiger charge is -2.10. The lowest BCUT2D eigenvalue weighted by atomic mass is 10.2. The van der Waals surface area contributed by atoms with Crippen molar-refractivity contribution in [1.29, 1.82) is 0 Å². The molecule has 1 amide bonds. The summed E-state index contributed by atoms with van der Waals surface area (Å²) >= 11 is 0. The summed E-state index contributed by atoms with van der Waals surface area (Å²) in [4.78, 5) is 28.0. The second-order valence-electron chi connectivity index (χ2n) is 5.74. The van der Waals surface area contributed by atoms with E-state index in [1.54, 1.807) is 24.3 Å². The molecule has 1 heterocycles. The zero-order valence-electron chi connectivity index (χ0n) is 15.3. The van der Waals surface area contributed by atoms with Gasteiger partial charge in [-0.1, -0.05) is 0 Å². The van der Waals surface area contributed by atoms with Crippen molar-refractivity contribution in [2.24, 2.45) is 5.10 Å². The normalized spacial score (nSPS) is 10.6. The standard InChI is InChI=1S/C21H16FN3O4/c1-28-19-12-14(13-24-25-20(26)15-8-10-23-11-9-15)2-7-18(19)29-21(27)16-3-5-17(22)6-4-16/h2-13H,1H3,(H,25,26)/b24-13+. The smallest absolute Gasteiger partial charge is 0.343 e. The Hall–Kier alpha value is -4.07. The van der Waals surface area contributed by atoms with E-state index in [0.29, 0.717) is 16.9 Å². The Morgan fingerprint density at radius 2 is 1.72 bits per heavy atom. The molecule has 0 aliphatic rings. The van der Waals surface area contributed by atoms with E-state index in [2.05, 4.69) is 15.5 Å². The number of benzene rings is 2. The summed E-state index contributed by atoms with van der Waals surface area (Å²) in [6.45, 7) is 0. The topological polar surface area (TPSA) is 89.9 Å². The predicted octanol–water partition coefficient (Wildman–Crippen LogP) is 3.21. The first-order chi connectivity index (χ1) is 14.1. The maximum Gasteiger partial charge on any atom is 0.343 e. The SMILES string of the molecule is COc1cc(/C=N/NC(=O)c2ccncc2)ccc1OC(=O)c1ccc(F)cc1. The molecule has 0 unspecified atom stereocenters. The Morgan fingerprint density at radius 1 is 1.00 bits per heavy atom. The Kier molecular flexibility index (Phi) is 6.26. The van der Waals surface area contributed by atoms with Gasteiger partial charge in [-0.05, 0) is 60.2 Å². The van der Waals surface area contributed by atoms with Crippen molar-refractivity contribution in [3.05, 3.63) is 89.5 Å². The van der Waals surface area contributed by atoms with Gasteiger partial charge in [-0.2, -0.15) is 5.10 Å². The van der Waals surface area contributed by atoms with Gasteiger partial charge in [0, 0.05) is 18.0 Å². The van der Waals surface area contributed by atoms with Crippen LogP contribution in [0.1, 0.15) is 26.3 Å². The number of aromatic nitrogens is 1. The van der Waals surface area contributed by atoms with Crippen LogP contribution in [0.2, 0.25) is 0 Å². The van der Waals surface area contributed by atoms with Gasteiger partial charge in [0.25, 0.3) is 5.91 Å². The molecule has 0 bridgehead atoms. The van der Waals surface area contributed by atoms with E-state index < -0.39 is 11.8 Å².